The molecule has 0 saturated heterocycles. The Morgan fingerprint density at radius 1 is 1.24 bits per heavy atom. The van der Waals surface area contributed by atoms with Crippen molar-refractivity contribution in [2.75, 3.05) is 0 Å². The molecule has 172 valence electrons. The van der Waals surface area contributed by atoms with Crippen molar-refractivity contribution in [3.8, 4) is 0 Å². The third-order valence-electron chi connectivity index (χ3n) is 6.75. The second kappa shape index (κ2) is 9.31. The molecule has 0 amide bonds. The standard InChI is InChI=1S/C25H30N6O2/c1-3-23(24-27-28-29-31(24)16-21-9-6-12-33-21)30(20-7-4-5-8-20)15-19-14-18-13-17(2)10-11-22(18)26-25(19)32/h6,9-14,20,23H,3-5,7-8,15-16H2,1-2H3,(H,26,32)/t23-/m0/s1. The molecule has 0 aliphatic heterocycles. The molecule has 1 N–H and O–H groups in total. The van der Waals surface area contributed by atoms with E-state index in [1.54, 1.807) is 6.26 Å². The third kappa shape index (κ3) is 4.48. The third-order valence-corrected chi connectivity index (χ3v) is 6.75. The van der Waals surface area contributed by atoms with Gasteiger partial charge >= 0.3 is 0 Å². The fourth-order valence-electron chi connectivity index (χ4n) is 5.09. The number of hydrogen-bond donors (Lipinski definition) is 1. The number of nitrogens with zero attached hydrogens (tertiary/aromatic N) is 5. The van der Waals surface area contributed by atoms with Gasteiger partial charge in [-0.3, -0.25) is 9.69 Å². The summed E-state index contributed by atoms with van der Waals surface area (Å²) in [6.07, 6.45) is 7.18. The Hall–Kier alpha value is -3.26. The van der Waals surface area contributed by atoms with Gasteiger partial charge in [0.2, 0.25) is 0 Å². The summed E-state index contributed by atoms with van der Waals surface area (Å²) >= 11 is 0. The van der Waals surface area contributed by atoms with Gasteiger partial charge in [0.15, 0.2) is 5.82 Å². The molecule has 0 unspecified atom stereocenters. The van der Waals surface area contributed by atoms with Crippen LogP contribution in [0.3, 0.4) is 0 Å². The smallest absolute Gasteiger partial charge is 0.252 e. The first kappa shape index (κ1) is 21.6. The Kier molecular flexibility index (Phi) is 6.09. The summed E-state index contributed by atoms with van der Waals surface area (Å²) in [5, 5.41) is 13.7. The van der Waals surface area contributed by atoms with Gasteiger partial charge in [0.25, 0.3) is 5.56 Å². The first-order chi connectivity index (χ1) is 16.1. The van der Waals surface area contributed by atoms with Gasteiger partial charge in [0.05, 0.1) is 12.3 Å². The number of hydrogen-bond acceptors (Lipinski definition) is 6. The van der Waals surface area contributed by atoms with Crippen molar-refractivity contribution in [3.05, 3.63) is 75.7 Å². The molecular formula is C25H30N6O2. The van der Waals surface area contributed by atoms with Crippen LogP contribution < -0.4 is 5.56 Å². The molecule has 3 heterocycles. The highest BCUT2D eigenvalue weighted by Gasteiger charge is 2.32. The number of aromatic nitrogens is 5. The van der Waals surface area contributed by atoms with Crippen molar-refractivity contribution >= 4 is 10.9 Å². The molecule has 1 fully saturated rings. The van der Waals surface area contributed by atoms with Crippen molar-refractivity contribution in [1.82, 2.24) is 30.1 Å². The van der Waals surface area contributed by atoms with E-state index in [0.29, 0.717) is 19.1 Å². The Morgan fingerprint density at radius 3 is 2.85 bits per heavy atom. The number of pyridine rings is 1. The molecule has 5 rings (SSSR count). The largest absolute Gasteiger partial charge is 0.467 e. The quantitative estimate of drug-likeness (QED) is 0.432. The predicted molar refractivity (Wildman–Crippen MR) is 126 cm³/mol. The van der Waals surface area contributed by atoms with Crippen LogP contribution in [-0.4, -0.2) is 36.1 Å². The fraction of sp³-hybridized carbons (Fsp3) is 0.440. The topological polar surface area (TPSA) is 92.8 Å². The first-order valence-electron chi connectivity index (χ1n) is 11.8. The summed E-state index contributed by atoms with van der Waals surface area (Å²) in [6, 6.07) is 12.4. The van der Waals surface area contributed by atoms with Gasteiger partial charge in [-0.15, -0.1) is 5.10 Å². The van der Waals surface area contributed by atoms with E-state index in [0.717, 1.165) is 47.3 Å². The Bertz CT molecular complexity index is 1270. The number of furan rings is 1. The minimum Gasteiger partial charge on any atom is -0.467 e. The number of fused-ring (bicyclic) bond motifs is 1. The molecule has 1 aliphatic rings. The Labute approximate surface area is 192 Å². The summed E-state index contributed by atoms with van der Waals surface area (Å²) in [5.74, 6) is 1.63. The fourth-order valence-corrected chi connectivity index (χ4v) is 5.09. The van der Waals surface area contributed by atoms with Crippen LogP contribution in [0.2, 0.25) is 0 Å². The summed E-state index contributed by atoms with van der Waals surface area (Å²) in [7, 11) is 0. The second-order valence-corrected chi connectivity index (χ2v) is 9.02. The van der Waals surface area contributed by atoms with Gasteiger partial charge in [-0.25, -0.2) is 4.68 Å². The molecule has 0 bridgehead atoms. The predicted octanol–water partition coefficient (Wildman–Crippen LogP) is 4.36. The first-order valence-corrected chi connectivity index (χ1v) is 11.8. The Balaban J connectivity index is 1.51. The average molecular weight is 447 g/mol. The summed E-state index contributed by atoms with van der Waals surface area (Å²) in [5.41, 5.74) is 2.80. The lowest BCUT2D eigenvalue weighted by Crippen LogP contribution is -2.39. The van der Waals surface area contributed by atoms with Crippen LogP contribution in [0, 0.1) is 6.92 Å². The molecule has 0 radical (unpaired) electrons. The van der Waals surface area contributed by atoms with Crippen molar-refractivity contribution < 1.29 is 4.42 Å². The highest BCUT2D eigenvalue weighted by molar-refractivity contribution is 5.79. The van der Waals surface area contributed by atoms with Crippen LogP contribution in [-0.2, 0) is 13.1 Å². The molecule has 3 aromatic heterocycles. The van der Waals surface area contributed by atoms with E-state index in [-0.39, 0.29) is 11.6 Å². The lowest BCUT2D eigenvalue weighted by Gasteiger charge is -2.35. The van der Waals surface area contributed by atoms with E-state index in [4.69, 9.17) is 4.42 Å². The van der Waals surface area contributed by atoms with Gasteiger partial charge in [-0.05, 0) is 72.3 Å². The van der Waals surface area contributed by atoms with E-state index in [1.807, 2.05) is 35.0 Å². The molecule has 8 nitrogen and oxygen atoms in total. The SMILES string of the molecule is CC[C@@H](c1nnnn1Cc1ccco1)N(Cc1cc2cc(C)ccc2[nH]c1=O)C1CCCC1. The molecular weight excluding hydrogens is 416 g/mol. The zero-order valence-electron chi connectivity index (χ0n) is 19.2. The second-order valence-electron chi connectivity index (χ2n) is 9.02. The van der Waals surface area contributed by atoms with Crippen LogP contribution in [0.15, 0.2) is 51.9 Å². The van der Waals surface area contributed by atoms with Crippen LogP contribution >= 0.6 is 0 Å². The Morgan fingerprint density at radius 2 is 2.09 bits per heavy atom. The maximum Gasteiger partial charge on any atom is 0.252 e. The number of rotatable bonds is 8. The van der Waals surface area contributed by atoms with Gasteiger partial charge in [-0.1, -0.05) is 31.4 Å². The number of nitrogens with one attached hydrogen (secondary N) is 1. The molecule has 4 aromatic rings. The van der Waals surface area contributed by atoms with Gasteiger partial charge < -0.3 is 9.40 Å². The van der Waals surface area contributed by atoms with Crippen LogP contribution in [0.4, 0.5) is 0 Å². The normalized spacial score (nSPS) is 15.6. The minimum atomic E-state index is -0.0284. The average Bonchev–Trinajstić information content (AvgIpc) is 3.58. The molecule has 1 aliphatic carbocycles. The van der Waals surface area contributed by atoms with Crippen molar-refractivity contribution in [2.45, 2.75) is 71.1 Å². The molecule has 8 heteroatoms. The highest BCUT2D eigenvalue weighted by atomic mass is 16.3. The van der Waals surface area contributed by atoms with E-state index >= 15 is 0 Å². The maximum absolute atomic E-state index is 13.0. The van der Waals surface area contributed by atoms with Gasteiger partial charge in [-0.2, -0.15) is 0 Å². The highest BCUT2D eigenvalue weighted by Crippen LogP contribution is 2.33. The van der Waals surface area contributed by atoms with Crippen molar-refractivity contribution in [3.63, 3.8) is 0 Å². The van der Waals surface area contributed by atoms with Crippen molar-refractivity contribution in [1.29, 1.82) is 0 Å². The number of aromatic amines is 1. The molecule has 1 aromatic carbocycles. The van der Waals surface area contributed by atoms with E-state index in [9.17, 15) is 4.79 Å². The van der Waals surface area contributed by atoms with E-state index in [2.05, 4.69) is 45.3 Å². The number of aryl methyl sites for hydroxylation is 1. The summed E-state index contributed by atoms with van der Waals surface area (Å²) in [4.78, 5) is 18.5. The molecule has 0 spiro atoms. The lowest BCUT2D eigenvalue weighted by atomic mass is 10.0. The molecule has 1 atom stereocenters. The van der Waals surface area contributed by atoms with Crippen LogP contribution in [0.25, 0.3) is 10.9 Å². The lowest BCUT2D eigenvalue weighted by molar-refractivity contribution is 0.112. The van der Waals surface area contributed by atoms with E-state index in [1.165, 1.54) is 18.4 Å². The number of tetrazole rings is 1. The monoisotopic (exact) mass is 446 g/mol. The summed E-state index contributed by atoms with van der Waals surface area (Å²) < 4.78 is 7.34. The van der Waals surface area contributed by atoms with Crippen LogP contribution in [0.1, 0.15) is 67.8 Å². The molecule has 33 heavy (non-hydrogen) atoms. The van der Waals surface area contributed by atoms with E-state index < -0.39 is 0 Å². The number of H-pyrrole nitrogens is 1. The minimum absolute atomic E-state index is 0.00525. The van der Waals surface area contributed by atoms with Gasteiger partial charge in [0.1, 0.15) is 12.3 Å². The summed E-state index contributed by atoms with van der Waals surface area (Å²) in [6.45, 7) is 5.28. The zero-order chi connectivity index (χ0) is 22.8. The maximum atomic E-state index is 13.0. The van der Waals surface area contributed by atoms with Crippen LogP contribution in [0.5, 0.6) is 0 Å². The zero-order valence-corrected chi connectivity index (χ0v) is 19.2. The van der Waals surface area contributed by atoms with Gasteiger partial charge in [0, 0.05) is 23.7 Å². The molecule has 1 saturated carbocycles. The van der Waals surface area contributed by atoms with Crippen molar-refractivity contribution in [2.24, 2.45) is 0 Å². The number of benzene rings is 1.